The molecule has 0 radical (unpaired) electrons. The molecule has 1 aliphatic heterocycles. The molecular weight excluding hydrogens is 297 g/mol. The van der Waals surface area contributed by atoms with Crippen molar-refractivity contribution in [3.8, 4) is 0 Å². The quantitative estimate of drug-likeness (QED) is 0.783. The molecule has 2 unspecified atom stereocenters. The highest BCUT2D eigenvalue weighted by molar-refractivity contribution is 5.85. The standard InChI is InChI=1S/C14H29N3O.2ClH/c1-11(2)17-7-5-6-13(10-17)9-16-14(18)12(3)8-15-4;;/h11-13,15H,5-10H2,1-4H3,(H,16,18);2*1H. The molecule has 0 bridgehead atoms. The molecule has 1 rings (SSSR count). The molecule has 1 fully saturated rings. The number of rotatable bonds is 6. The van der Waals surface area contributed by atoms with E-state index in [0.29, 0.717) is 12.0 Å². The summed E-state index contributed by atoms with van der Waals surface area (Å²) in [6.45, 7) is 10.4. The van der Waals surface area contributed by atoms with E-state index in [4.69, 9.17) is 0 Å². The molecule has 20 heavy (non-hydrogen) atoms. The van der Waals surface area contributed by atoms with E-state index in [0.717, 1.165) is 19.6 Å². The van der Waals surface area contributed by atoms with Crippen LogP contribution in [0.5, 0.6) is 0 Å². The van der Waals surface area contributed by atoms with Gasteiger partial charge in [-0.1, -0.05) is 6.92 Å². The molecule has 1 heterocycles. The van der Waals surface area contributed by atoms with Crippen LogP contribution in [0.3, 0.4) is 0 Å². The van der Waals surface area contributed by atoms with Gasteiger partial charge in [0.05, 0.1) is 0 Å². The van der Waals surface area contributed by atoms with Crippen LogP contribution in [0.1, 0.15) is 33.6 Å². The molecule has 2 atom stereocenters. The Bertz CT molecular complexity index is 265. The van der Waals surface area contributed by atoms with Gasteiger partial charge in [-0.2, -0.15) is 0 Å². The summed E-state index contributed by atoms with van der Waals surface area (Å²) in [6.07, 6.45) is 2.49. The van der Waals surface area contributed by atoms with E-state index in [1.54, 1.807) is 0 Å². The van der Waals surface area contributed by atoms with Gasteiger partial charge >= 0.3 is 0 Å². The lowest BCUT2D eigenvalue weighted by Gasteiger charge is -2.35. The number of carbonyl (C=O) groups excluding carboxylic acids is 1. The molecule has 1 amide bonds. The van der Waals surface area contributed by atoms with Gasteiger partial charge in [0.15, 0.2) is 0 Å². The lowest BCUT2D eigenvalue weighted by molar-refractivity contribution is -0.124. The van der Waals surface area contributed by atoms with Crippen molar-refractivity contribution in [2.45, 2.75) is 39.7 Å². The Morgan fingerprint density at radius 2 is 1.95 bits per heavy atom. The third-order valence-corrected chi connectivity index (χ3v) is 3.80. The number of halogens is 2. The Morgan fingerprint density at radius 3 is 2.50 bits per heavy atom. The number of nitrogens with one attached hydrogen (secondary N) is 2. The summed E-state index contributed by atoms with van der Waals surface area (Å²) in [7, 11) is 1.88. The minimum absolute atomic E-state index is 0. The van der Waals surface area contributed by atoms with Gasteiger partial charge in [-0.05, 0) is 46.2 Å². The fourth-order valence-corrected chi connectivity index (χ4v) is 2.55. The van der Waals surface area contributed by atoms with Gasteiger partial charge < -0.3 is 15.5 Å². The van der Waals surface area contributed by atoms with Crippen LogP contribution in [0.4, 0.5) is 0 Å². The van der Waals surface area contributed by atoms with Crippen molar-refractivity contribution in [2.75, 3.05) is 33.2 Å². The van der Waals surface area contributed by atoms with E-state index in [2.05, 4.69) is 29.4 Å². The van der Waals surface area contributed by atoms with E-state index in [1.165, 1.54) is 19.4 Å². The molecule has 0 aromatic rings. The molecule has 0 aromatic carbocycles. The Labute approximate surface area is 136 Å². The van der Waals surface area contributed by atoms with E-state index >= 15 is 0 Å². The fourth-order valence-electron chi connectivity index (χ4n) is 2.55. The third kappa shape index (κ3) is 7.67. The zero-order valence-corrected chi connectivity index (χ0v) is 14.8. The number of carbonyl (C=O) groups is 1. The van der Waals surface area contributed by atoms with E-state index < -0.39 is 0 Å². The van der Waals surface area contributed by atoms with Gasteiger partial charge in [0.1, 0.15) is 0 Å². The molecule has 0 aliphatic carbocycles. The minimum atomic E-state index is 0. The highest BCUT2D eigenvalue weighted by atomic mass is 35.5. The summed E-state index contributed by atoms with van der Waals surface area (Å²) < 4.78 is 0. The zero-order chi connectivity index (χ0) is 13.5. The lowest BCUT2D eigenvalue weighted by Crippen LogP contribution is -2.45. The zero-order valence-electron chi connectivity index (χ0n) is 13.1. The highest BCUT2D eigenvalue weighted by Gasteiger charge is 2.22. The first-order valence-electron chi connectivity index (χ1n) is 7.21. The lowest BCUT2D eigenvalue weighted by atomic mass is 9.96. The summed E-state index contributed by atoms with van der Waals surface area (Å²) in [6, 6.07) is 0.617. The van der Waals surface area contributed by atoms with Crippen LogP contribution in [-0.4, -0.2) is 50.1 Å². The fraction of sp³-hybridized carbons (Fsp3) is 0.929. The Kier molecular flexibility index (Phi) is 12.9. The van der Waals surface area contributed by atoms with Gasteiger partial charge in [-0.15, -0.1) is 24.8 Å². The van der Waals surface area contributed by atoms with Crippen molar-refractivity contribution in [3.05, 3.63) is 0 Å². The third-order valence-electron chi connectivity index (χ3n) is 3.80. The normalized spacial score (nSPS) is 20.8. The largest absolute Gasteiger partial charge is 0.356 e. The molecule has 1 saturated heterocycles. The molecule has 122 valence electrons. The van der Waals surface area contributed by atoms with Crippen molar-refractivity contribution in [3.63, 3.8) is 0 Å². The van der Waals surface area contributed by atoms with E-state index in [9.17, 15) is 4.79 Å². The molecule has 1 aliphatic rings. The number of nitrogens with zero attached hydrogens (tertiary/aromatic N) is 1. The van der Waals surface area contributed by atoms with Crippen LogP contribution in [-0.2, 0) is 4.79 Å². The van der Waals surface area contributed by atoms with E-state index in [-0.39, 0.29) is 36.6 Å². The molecule has 0 aromatic heterocycles. The second kappa shape index (κ2) is 11.6. The number of piperidine rings is 1. The molecule has 6 heteroatoms. The van der Waals surface area contributed by atoms with Gasteiger partial charge in [0, 0.05) is 31.6 Å². The monoisotopic (exact) mass is 327 g/mol. The van der Waals surface area contributed by atoms with E-state index in [1.807, 2.05) is 14.0 Å². The first-order chi connectivity index (χ1) is 8.54. The predicted octanol–water partition coefficient (Wildman–Crippen LogP) is 1.92. The minimum Gasteiger partial charge on any atom is -0.356 e. The maximum atomic E-state index is 11.8. The van der Waals surface area contributed by atoms with Crippen molar-refractivity contribution in [1.82, 2.24) is 15.5 Å². The van der Waals surface area contributed by atoms with Gasteiger partial charge in [0.2, 0.25) is 5.91 Å². The van der Waals surface area contributed by atoms with Gasteiger partial charge in [-0.25, -0.2) is 0 Å². The molecule has 2 N–H and O–H groups in total. The van der Waals surface area contributed by atoms with Crippen LogP contribution in [0, 0.1) is 11.8 Å². The molecular formula is C14H31Cl2N3O. The van der Waals surface area contributed by atoms with Crippen molar-refractivity contribution in [1.29, 1.82) is 0 Å². The predicted molar refractivity (Wildman–Crippen MR) is 90.0 cm³/mol. The highest BCUT2D eigenvalue weighted by Crippen LogP contribution is 2.17. The maximum Gasteiger partial charge on any atom is 0.224 e. The summed E-state index contributed by atoms with van der Waals surface area (Å²) >= 11 is 0. The average molecular weight is 328 g/mol. The van der Waals surface area contributed by atoms with Gasteiger partial charge in [-0.3, -0.25) is 4.79 Å². The summed E-state index contributed by atoms with van der Waals surface area (Å²) in [4.78, 5) is 14.3. The second-order valence-electron chi connectivity index (χ2n) is 5.80. The SMILES string of the molecule is CNCC(C)C(=O)NCC1CCCN(C(C)C)C1.Cl.Cl. The molecule has 4 nitrogen and oxygen atoms in total. The number of amides is 1. The van der Waals surface area contributed by atoms with Crippen LogP contribution in [0.2, 0.25) is 0 Å². The van der Waals surface area contributed by atoms with Crippen LogP contribution >= 0.6 is 24.8 Å². The summed E-state index contributed by atoms with van der Waals surface area (Å²) in [5.74, 6) is 0.845. The van der Waals surface area contributed by atoms with Gasteiger partial charge in [0.25, 0.3) is 0 Å². The topological polar surface area (TPSA) is 44.4 Å². The van der Waals surface area contributed by atoms with Crippen LogP contribution in [0.25, 0.3) is 0 Å². The molecule has 0 saturated carbocycles. The Balaban J connectivity index is 0. The average Bonchev–Trinajstić information content (AvgIpc) is 2.36. The molecule has 0 spiro atoms. The number of hydrogen-bond donors (Lipinski definition) is 2. The van der Waals surface area contributed by atoms with Crippen molar-refractivity contribution in [2.24, 2.45) is 11.8 Å². The number of hydrogen-bond acceptors (Lipinski definition) is 3. The van der Waals surface area contributed by atoms with Crippen LogP contribution < -0.4 is 10.6 Å². The first kappa shape index (κ1) is 22.3. The second-order valence-corrected chi connectivity index (χ2v) is 5.80. The van der Waals surface area contributed by atoms with Crippen LogP contribution in [0.15, 0.2) is 0 Å². The smallest absolute Gasteiger partial charge is 0.224 e. The summed E-state index contributed by atoms with van der Waals surface area (Å²) in [5.41, 5.74) is 0. The Morgan fingerprint density at radius 1 is 1.30 bits per heavy atom. The van der Waals surface area contributed by atoms with Crippen molar-refractivity contribution < 1.29 is 4.79 Å². The van der Waals surface area contributed by atoms with Crippen molar-refractivity contribution >= 4 is 30.7 Å². The summed E-state index contributed by atoms with van der Waals surface area (Å²) in [5, 5.41) is 6.13. The maximum absolute atomic E-state index is 11.8. The first-order valence-corrected chi connectivity index (χ1v) is 7.21. The Hall–Kier alpha value is -0.0300. The number of likely N-dealkylation sites (tertiary alicyclic amines) is 1.